The molecule has 1 atom stereocenters. The molecule has 0 bridgehead atoms. The minimum absolute atomic E-state index is 0.401. The number of hydrogen-bond acceptors (Lipinski definition) is 2. The molecule has 0 aliphatic rings. The highest BCUT2D eigenvalue weighted by atomic mass is 14.9. The van der Waals surface area contributed by atoms with Crippen LogP contribution in [-0.2, 0) is 6.42 Å². The van der Waals surface area contributed by atoms with Crippen LogP contribution in [-0.4, -0.2) is 12.0 Å². The van der Waals surface area contributed by atoms with Crippen LogP contribution in [0.15, 0.2) is 54.7 Å². The first-order chi connectivity index (χ1) is 8.40. The molecule has 2 nitrogen and oxygen atoms in total. The van der Waals surface area contributed by atoms with E-state index < -0.39 is 0 Å². The molecule has 0 amide bonds. The molecule has 1 N–H and O–H groups in total. The summed E-state index contributed by atoms with van der Waals surface area (Å²) in [5, 5.41) is 3.36. The Kier molecular flexibility index (Phi) is 4.28. The van der Waals surface area contributed by atoms with Crippen LogP contribution in [0.1, 0.15) is 23.7 Å². The molecule has 0 saturated carbocycles. The summed E-state index contributed by atoms with van der Waals surface area (Å²) in [7, 11) is 2.01. The van der Waals surface area contributed by atoms with E-state index in [2.05, 4.69) is 46.7 Å². The fourth-order valence-corrected chi connectivity index (χ4v) is 2.00. The molecule has 2 aromatic rings. The van der Waals surface area contributed by atoms with Crippen LogP contribution in [0.4, 0.5) is 0 Å². The Morgan fingerprint density at radius 3 is 2.47 bits per heavy atom. The molecule has 0 aliphatic carbocycles. The lowest BCUT2D eigenvalue weighted by Gasteiger charge is -2.16. The highest BCUT2D eigenvalue weighted by Crippen LogP contribution is 2.17. The van der Waals surface area contributed by atoms with E-state index in [9.17, 15) is 0 Å². The van der Waals surface area contributed by atoms with Crippen LogP contribution in [0.5, 0.6) is 0 Å². The van der Waals surface area contributed by atoms with Gasteiger partial charge in [0.1, 0.15) is 0 Å². The van der Waals surface area contributed by atoms with Gasteiger partial charge in [-0.05, 0) is 37.6 Å². The van der Waals surface area contributed by atoms with Gasteiger partial charge in [0.15, 0.2) is 0 Å². The number of hydrogen-bond donors (Lipinski definition) is 1. The molecular weight excluding hydrogens is 208 g/mol. The summed E-state index contributed by atoms with van der Waals surface area (Å²) < 4.78 is 0. The minimum atomic E-state index is 0.401. The Hall–Kier alpha value is -1.67. The Balaban J connectivity index is 1.97. The van der Waals surface area contributed by atoms with E-state index in [1.807, 2.05) is 25.4 Å². The van der Waals surface area contributed by atoms with E-state index in [4.69, 9.17) is 0 Å². The van der Waals surface area contributed by atoms with Crippen molar-refractivity contribution in [1.82, 2.24) is 10.3 Å². The van der Waals surface area contributed by atoms with Crippen LogP contribution in [0.3, 0.4) is 0 Å². The lowest BCUT2D eigenvalue weighted by molar-refractivity contribution is 0.546. The standard InChI is InChI=1S/C15H18N2/c1-16-15(13-7-3-2-4-8-13)11-10-14-9-5-6-12-17-14/h2-9,12,15-16H,10-11H2,1H3. The maximum absolute atomic E-state index is 4.35. The first-order valence-corrected chi connectivity index (χ1v) is 6.02. The van der Waals surface area contributed by atoms with Gasteiger partial charge in [0.2, 0.25) is 0 Å². The molecule has 0 radical (unpaired) electrons. The SMILES string of the molecule is CNC(CCc1ccccn1)c1ccccc1. The average molecular weight is 226 g/mol. The molecule has 0 fully saturated rings. The van der Waals surface area contributed by atoms with E-state index in [0.29, 0.717) is 6.04 Å². The second-order valence-corrected chi connectivity index (χ2v) is 4.11. The summed E-state index contributed by atoms with van der Waals surface area (Å²) in [6, 6.07) is 17.0. The van der Waals surface area contributed by atoms with E-state index in [1.165, 1.54) is 5.56 Å². The predicted molar refractivity (Wildman–Crippen MR) is 70.8 cm³/mol. The summed E-state index contributed by atoms with van der Waals surface area (Å²) in [5.74, 6) is 0. The number of benzene rings is 1. The van der Waals surface area contributed by atoms with Gasteiger partial charge in [-0.2, -0.15) is 0 Å². The number of aryl methyl sites for hydroxylation is 1. The zero-order valence-corrected chi connectivity index (χ0v) is 10.1. The number of pyridine rings is 1. The Labute approximate surface area is 103 Å². The molecule has 1 aromatic heterocycles. The lowest BCUT2D eigenvalue weighted by atomic mass is 10.0. The summed E-state index contributed by atoms with van der Waals surface area (Å²) in [6.07, 6.45) is 3.92. The van der Waals surface area contributed by atoms with Crippen molar-refractivity contribution in [3.05, 3.63) is 66.0 Å². The molecule has 17 heavy (non-hydrogen) atoms. The predicted octanol–water partition coefficient (Wildman–Crippen LogP) is 2.97. The summed E-state index contributed by atoms with van der Waals surface area (Å²) >= 11 is 0. The van der Waals surface area contributed by atoms with Crippen molar-refractivity contribution < 1.29 is 0 Å². The average Bonchev–Trinajstić information content (AvgIpc) is 2.42. The lowest BCUT2D eigenvalue weighted by Crippen LogP contribution is -2.17. The molecule has 1 unspecified atom stereocenters. The maximum atomic E-state index is 4.35. The van der Waals surface area contributed by atoms with E-state index in [1.54, 1.807) is 0 Å². The van der Waals surface area contributed by atoms with Gasteiger partial charge >= 0.3 is 0 Å². The number of rotatable bonds is 5. The summed E-state index contributed by atoms with van der Waals surface area (Å²) in [6.45, 7) is 0. The maximum Gasteiger partial charge on any atom is 0.0404 e. The molecule has 0 spiro atoms. The molecule has 2 rings (SSSR count). The quantitative estimate of drug-likeness (QED) is 0.847. The molecule has 0 aliphatic heterocycles. The van der Waals surface area contributed by atoms with Crippen molar-refractivity contribution in [2.45, 2.75) is 18.9 Å². The van der Waals surface area contributed by atoms with Gasteiger partial charge in [0.25, 0.3) is 0 Å². The highest BCUT2D eigenvalue weighted by molar-refractivity contribution is 5.19. The van der Waals surface area contributed by atoms with Crippen molar-refractivity contribution in [1.29, 1.82) is 0 Å². The van der Waals surface area contributed by atoms with Gasteiger partial charge in [0, 0.05) is 17.9 Å². The first-order valence-electron chi connectivity index (χ1n) is 6.02. The van der Waals surface area contributed by atoms with Gasteiger partial charge in [-0.1, -0.05) is 36.4 Å². The van der Waals surface area contributed by atoms with Gasteiger partial charge < -0.3 is 5.32 Å². The van der Waals surface area contributed by atoms with Crippen LogP contribution in [0, 0.1) is 0 Å². The first kappa shape index (κ1) is 11.8. The van der Waals surface area contributed by atoms with Gasteiger partial charge in [0.05, 0.1) is 0 Å². The van der Waals surface area contributed by atoms with Gasteiger partial charge in [-0.3, -0.25) is 4.98 Å². The highest BCUT2D eigenvalue weighted by Gasteiger charge is 2.08. The minimum Gasteiger partial charge on any atom is -0.313 e. The Bertz CT molecular complexity index is 425. The summed E-state index contributed by atoms with van der Waals surface area (Å²) in [5.41, 5.74) is 2.50. The number of nitrogens with zero attached hydrogens (tertiary/aromatic N) is 1. The third-order valence-electron chi connectivity index (χ3n) is 2.97. The van der Waals surface area contributed by atoms with Crippen LogP contribution in [0.2, 0.25) is 0 Å². The third-order valence-corrected chi connectivity index (χ3v) is 2.97. The van der Waals surface area contributed by atoms with Crippen LogP contribution >= 0.6 is 0 Å². The molecule has 1 heterocycles. The monoisotopic (exact) mass is 226 g/mol. The smallest absolute Gasteiger partial charge is 0.0404 e. The normalized spacial score (nSPS) is 12.3. The fraction of sp³-hybridized carbons (Fsp3) is 0.267. The van der Waals surface area contributed by atoms with E-state index in [-0.39, 0.29) is 0 Å². The molecule has 1 aromatic carbocycles. The molecule has 2 heteroatoms. The molecule has 88 valence electrons. The molecule has 0 saturated heterocycles. The zero-order chi connectivity index (χ0) is 11.9. The van der Waals surface area contributed by atoms with Crippen molar-refractivity contribution in [3.63, 3.8) is 0 Å². The van der Waals surface area contributed by atoms with Gasteiger partial charge in [-0.15, -0.1) is 0 Å². The second kappa shape index (κ2) is 6.16. The topological polar surface area (TPSA) is 24.9 Å². The van der Waals surface area contributed by atoms with Crippen LogP contribution in [0.25, 0.3) is 0 Å². The number of aromatic nitrogens is 1. The Morgan fingerprint density at radius 2 is 1.82 bits per heavy atom. The Morgan fingerprint density at radius 1 is 1.06 bits per heavy atom. The summed E-state index contributed by atoms with van der Waals surface area (Å²) in [4.78, 5) is 4.35. The second-order valence-electron chi connectivity index (χ2n) is 4.11. The largest absolute Gasteiger partial charge is 0.313 e. The van der Waals surface area contributed by atoms with E-state index in [0.717, 1.165) is 18.5 Å². The van der Waals surface area contributed by atoms with Gasteiger partial charge in [-0.25, -0.2) is 0 Å². The van der Waals surface area contributed by atoms with Crippen molar-refractivity contribution in [2.24, 2.45) is 0 Å². The van der Waals surface area contributed by atoms with Crippen molar-refractivity contribution in [2.75, 3.05) is 7.05 Å². The molecular formula is C15H18N2. The zero-order valence-electron chi connectivity index (χ0n) is 10.1. The number of nitrogens with one attached hydrogen (secondary N) is 1. The van der Waals surface area contributed by atoms with Crippen LogP contribution < -0.4 is 5.32 Å². The van der Waals surface area contributed by atoms with E-state index >= 15 is 0 Å². The van der Waals surface area contributed by atoms with Crippen molar-refractivity contribution >= 4 is 0 Å². The fourth-order valence-electron chi connectivity index (χ4n) is 2.00. The third kappa shape index (κ3) is 3.40. The van der Waals surface area contributed by atoms with Crippen molar-refractivity contribution in [3.8, 4) is 0 Å².